The van der Waals surface area contributed by atoms with Gasteiger partial charge in [-0.15, -0.1) is 0 Å². The minimum atomic E-state index is -0.700. The molecular weight excluding hydrogens is 505 g/mol. The maximum atomic E-state index is 13.4. The maximum Gasteiger partial charge on any atom is 0.415 e. The molecule has 0 spiro atoms. The first-order chi connectivity index (χ1) is 18.6. The summed E-state index contributed by atoms with van der Waals surface area (Å²) in [4.78, 5) is 31.9. The molecule has 39 heavy (non-hydrogen) atoms. The van der Waals surface area contributed by atoms with Gasteiger partial charge in [0.1, 0.15) is 34.2 Å². The van der Waals surface area contributed by atoms with Crippen LogP contribution in [-0.4, -0.2) is 48.9 Å². The summed E-state index contributed by atoms with van der Waals surface area (Å²) in [6.07, 6.45) is 2.40. The number of nitrogens with one attached hydrogen (secondary N) is 1. The second-order valence-corrected chi connectivity index (χ2v) is 10.0. The number of rotatable bonds is 7. The fourth-order valence-corrected chi connectivity index (χ4v) is 4.11. The Morgan fingerprint density at radius 3 is 2.26 bits per heavy atom. The molecule has 0 unspecified atom stereocenters. The molecule has 2 aromatic carbocycles. The van der Waals surface area contributed by atoms with Gasteiger partial charge in [-0.3, -0.25) is 4.90 Å². The normalized spacial score (nSPS) is 13.9. The summed E-state index contributed by atoms with van der Waals surface area (Å²) in [6, 6.07) is 13.8. The lowest BCUT2D eigenvalue weighted by molar-refractivity contribution is 0.0553. The van der Waals surface area contributed by atoms with E-state index in [9.17, 15) is 14.0 Å². The summed E-state index contributed by atoms with van der Waals surface area (Å²) < 4.78 is 35.7. The van der Waals surface area contributed by atoms with Crippen molar-refractivity contribution in [3.05, 3.63) is 72.2 Å². The van der Waals surface area contributed by atoms with E-state index < -0.39 is 23.5 Å². The molecular formula is C29H32FN3O6. The molecule has 1 aliphatic rings. The van der Waals surface area contributed by atoms with E-state index in [1.165, 1.54) is 31.5 Å². The number of anilines is 1. The van der Waals surface area contributed by atoms with Gasteiger partial charge in [0.15, 0.2) is 0 Å². The molecule has 1 aromatic heterocycles. The Labute approximate surface area is 226 Å². The highest BCUT2D eigenvalue weighted by molar-refractivity contribution is 5.95. The third kappa shape index (κ3) is 7.44. The number of nitrogens with zero attached hydrogens (tertiary/aromatic N) is 2. The van der Waals surface area contributed by atoms with Crippen LogP contribution in [0.4, 0.5) is 14.9 Å². The smallest absolute Gasteiger partial charge is 0.415 e. The monoisotopic (exact) mass is 537 g/mol. The van der Waals surface area contributed by atoms with Gasteiger partial charge in [0.2, 0.25) is 5.88 Å². The number of ether oxygens (including phenoxy) is 4. The van der Waals surface area contributed by atoms with Gasteiger partial charge >= 0.3 is 12.1 Å². The summed E-state index contributed by atoms with van der Waals surface area (Å²) in [6.45, 7) is 6.90. The average Bonchev–Trinajstić information content (AvgIpc) is 2.90. The van der Waals surface area contributed by atoms with Gasteiger partial charge in [0, 0.05) is 12.1 Å². The van der Waals surface area contributed by atoms with E-state index in [-0.39, 0.29) is 17.5 Å². The molecule has 0 saturated carbocycles. The molecule has 1 N–H and O–H groups in total. The van der Waals surface area contributed by atoms with Crippen molar-refractivity contribution in [3.8, 4) is 23.1 Å². The molecule has 1 aliphatic heterocycles. The minimum absolute atomic E-state index is 0.0128. The Hall–Kier alpha value is -4.18. The number of amides is 1. The number of methoxy groups -OCH3 is 1. The molecule has 4 rings (SSSR count). The van der Waals surface area contributed by atoms with Crippen molar-refractivity contribution in [2.45, 2.75) is 45.3 Å². The lowest BCUT2D eigenvalue weighted by Crippen LogP contribution is -2.48. The zero-order valence-corrected chi connectivity index (χ0v) is 22.4. The number of esters is 1. The maximum absolute atomic E-state index is 13.4. The third-order valence-corrected chi connectivity index (χ3v) is 5.85. The van der Waals surface area contributed by atoms with Crippen LogP contribution in [0.3, 0.4) is 0 Å². The topological polar surface area (TPSA) is 99.2 Å². The minimum Gasteiger partial charge on any atom is -0.465 e. The SMILES string of the molecule is COC(=O)c1cc(N(C(=O)OC(C)(C)C)C2CCNCC2)cnc1Oc1ccc(Oc2cccc(F)c2)cc1. The molecule has 9 nitrogen and oxygen atoms in total. The van der Waals surface area contributed by atoms with Crippen molar-refractivity contribution in [2.24, 2.45) is 0 Å². The molecule has 0 bridgehead atoms. The zero-order chi connectivity index (χ0) is 28.0. The van der Waals surface area contributed by atoms with Crippen LogP contribution < -0.4 is 19.7 Å². The standard InChI is InChI=1S/C29H32FN3O6/c1-29(2,3)39-28(35)33(20-12-14-31-15-13-20)21-17-25(27(34)36-4)26(32-18-21)38-23-10-8-22(9-11-23)37-24-7-5-6-19(30)16-24/h5-11,16-18,20,31H,12-15H2,1-4H3. The Bertz CT molecular complexity index is 1300. The summed E-state index contributed by atoms with van der Waals surface area (Å²) >= 11 is 0. The van der Waals surface area contributed by atoms with Gasteiger partial charge in [-0.25, -0.2) is 19.0 Å². The molecule has 0 aliphatic carbocycles. The van der Waals surface area contributed by atoms with E-state index in [2.05, 4.69) is 10.3 Å². The first-order valence-electron chi connectivity index (χ1n) is 12.7. The van der Waals surface area contributed by atoms with Crippen LogP contribution in [-0.2, 0) is 9.47 Å². The third-order valence-electron chi connectivity index (χ3n) is 5.85. The highest BCUT2D eigenvalue weighted by atomic mass is 19.1. The number of hydrogen-bond donors (Lipinski definition) is 1. The van der Waals surface area contributed by atoms with Gasteiger partial charge in [0.25, 0.3) is 0 Å². The number of pyridine rings is 1. The van der Waals surface area contributed by atoms with Crippen molar-refractivity contribution in [1.29, 1.82) is 0 Å². The zero-order valence-electron chi connectivity index (χ0n) is 22.4. The molecule has 3 aromatic rings. The number of hydrogen-bond acceptors (Lipinski definition) is 8. The van der Waals surface area contributed by atoms with Crippen LogP contribution in [0.15, 0.2) is 60.8 Å². The van der Waals surface area contributed by atoms with Crippen molar-refractivity contribution in [1.82, 2.24) is 10.3 Å². The Balaban J connectivity index is 1.59. The number of aromatic nitrogens is 1. The second kappa shape index (κ2) is 12.1. The van der Waals surface area contributed by atoms with E-state index in [0.717, 1.165) is 25.9 Å². The van der Waals surface area contributed by atoms with Crippen LogP contribution in [0.5, 0.6) is 23.1 Å². The number of carbonyl (C=O) groups excluding carboxylic acids is 2. The largest absolute Gasteiger partial charge is 0.465 e. The Morgan fingerprint density at radius 1 is 0.974 bits per heavy atom. The van der Waals surface area contributed by atoms with Crippen molar-refractivity contribution >= 4 is 17.7 Å². The van der Waals surface area contributed by atoms with E-state index >= 15 is 0 Å². The molecule has 10 heteroatoms. The fourth-order valence-electron chi connectivity index (χ4n) is 4.11. The quantitative estimate of drug-likeness (QED) is 0.362. The van der Waals surface area contributed by atoms with E-state index in [4.69, 9.17) is 18.9 Å². The Kier molecular flexibility index (Phi) is 8.65. The molecule has 0 atom stereocenters. The van der Waals surface area contributed by atoms with Crippen LogP contribution in [0.2, 0.25) is 0 Å². The Morgan fingerprint density at radius 2 is 1.64 bits per heavy atom. The predicted molar refractivity (Wildman–Crippen MR) is 143 cm³/mol. The van der Waals surface area contributed by atoms with Crippen LogP contribution in [0, 0.1) is 5.82 Å². The van der Waals surface area contributed by atoms with Crippen molar-refractivity contribution in [2.75, 3.05) is 25.1 Å². The lowest BCUT2D eigenvalue weighted by atomic mass is 10.0. The van der Waals surface area contributed by atoms with Gasteiger partial charge in [-0.1, -0.05) is 6.07 Å². The van der Waals surface area contributed by atoms with E-state index in [1.807, 2.05) is 0 Å². The second-order valence-electron chi connectivity index (χ2n) is 10.0. The van der Waals surface area contributed by atoms with Gasteiger partial charge in [0.05, 0.1) is 19.0 Å². The fraction of sp³-hybridized carbons (Fsp3) is 0.345. The average molecular weight is 538 g/mol. The molecule has 1 amide bonds. The lowest BCUT2D eigenvalue weighted by Gasteiger charge is -2.35. The summed E-state index contributed by atoms with van der Waals surface area (Å²) in [7, 11) is 1.26. The van der Waals surface area contributed by atoms with Crippen molar-refractivity contribution in [3.63, 3.8) is 0 Å². The van der Waals surface area contributed by atoms with Gasteiger partial charge in [-0.05, 0) is 89.2 Å². The summed E-state index contributed by atoms with van der Waals surface area (Å²) in [5.41, 5.74) is -0.241. The van der Waals surface area contributed by atoms with Crippen LogP contribution >= 0.6 is 0 Å². The number of carbonyl (C=O) groups is 2. The van der Waals surface area contributed by atoms with E-state index in [1.54, 1.807) is 62.1 Å². The summed E-state index contributed by atoms with van der Waals surface area (Å²) in [5, 5.41) is 3.29. The molecule has 2 heterocycles. The number of halogens is 1. The molecule has 1 fully saturated rings. The van der Waals surface area contributed by atoms with E-state index in [0.29, 0.717) is 22.9 Å². The highest BCUT2D eigenvalue weighted by Gasteiger charge is 2.32. The number of piperidine rings is 1. The molecule has 1 saturated heterocycles. The van der Waals surface area contributed by atoms with Gasteiger partial charge < -0.3 is 24.3 Å². The number of benzene rings is 2. The first kappa shape index (κ1) is 27.8. The highest BCUT2D eigenvalue weighted by Crippen LogP contribution is 2.32. The summed E-state index contributed by atoms with van der Waals surface area (Å²) in [5.74, 6) is 0.160. The van der Waals surface area contributed by atoms with Crippen molar-refractivity contribution < 1.29 is 32.9 Å². The van der Waals surface area contributed by atoms with Crippen LogP contribution in [0.1, 0.15) is 44.0 Å². The first-order valence-corrected chi connectivity index (χ1v) is 12.7. The van der Waals surface area contributed by atoms with Crippen LogP contribution in [0.25, 0.3) is 0 Å². The van der Waals surface area contributed by atoms with Gasteiger partial charge in [-0.2, -0.15) is 0 Å². The molecule has 0 radical (unpaired) electrons. The predicted octanol–water partition coefficient (Wildman–Crippen LogP) is 6.09. The molecule has 206 valence electrons.